The summed E-state index contributed by atoms with van der Waals surface area (Å²) in [5, 5.41) is 14.8. The van der Waals surface area contributed by atoms with Crippen molar-refractivity contribution >= 4 is 33.4 Å². The predicted molar refractivity (Wildman–Crippen MR) is 78.0 cm³/mol. The maximum absolute atomic E-state index is 10.7. The van der Waals surface area contributed by atoms with Gasteiger partial charge in [-0.1, -0.05) is 15.9 Å². The lowest BCUT2D eigenvalue weighted by Crippen LogP contribution is -2.22. The third-order valence-electron chi connectivity index (χ3n) is 2.88. The largest absolute Gasteiger partial charge is 0.312 e. The number of nitro benzene ring substituents is 1. The quantitative estimate of drug-likeness (QED) is 0.664. The van der Waals surface area contributed by atoms with E-state index in [1.54, 1.807) is 6.07 Å². The third kappa shape index (κ3) is 3.96. The first-order valence-electron chi connectivity index (χ1n) is 5.91. The molecule has 1 aliphatic heterocycles. The van der Waals surface area contributed by atoms with E-state index in [-0.39, 0.29) is 10.6 Å². The minimum absolute atomic E-state index is 0.136. The van der Waals surface area contributed by atoms with Crippen LogP contribution >= 0.6 is 27.7 Å². The smallest absolute Gasteiger partial charge is 0.270 e. The molecule has 0 radical (unpaired) electrons. The van der Waals surface area contributed by atoms with Crippen LogP contribution in [0, 0.1) is 10.1 Å². The molecule has 0 aromatic heterocycles. The number of hydrogen-bond donors (Lipinski definition) is 1. The fraction of sp³-hybridized carbons (Fsp3) is 0.500. The minimum Gasteiger partial charge on any atom is -0.312 e. The van der Waals surface area contributed by atoms with Crippen LogP contribution in [0.2, 0.25) is 0 Å². The number of thioether (sulfide) groups is 1. The summed E-state index contributed by atoms with van der Waals surface area (Å²) in [5.41, 5.74) is 1.08. The molecule has 0 spiro atoms. The molecule has 1 fully saturated rings. The van der Waals surface area contributed by atoms with Gasteiger partial charge >= 0.3 is 0 Å². The highest BCUT2D eigenvalue weighted by Gasteiger charge is 2.15. The average Bonchev–Trinajstić information content (AvgIpc) is 2.81. The Kier molecular flexibility index (Phi) is 5.03. The molecule has 4 nitrogen and oxygen atoms in total. The van der Waals surface area contributed by atoms with Crippen molar-refractivity contribution in [2.45, 2.75) is 24.6 Å². The Morgan fingerprint density at radius 1 is 1.50 bits per heavy atom. The zero-order valence-corrected chi connectivity index (χ0v) is 12.3. The number of halogens is 1. The van der Waals surface area contributed by atoms with Crippen molar-refractivity contribution in [2.24, 2.45) is 0 Å². The van der Waals surface area contributed by atoms with E-state index < -0.39 is 0 Å². The summed E-state index contributed by atoms with van der Waals surface area (Å²) in [6.45, 7) is 1.66. The Morgan fingerprint density at radius 3 is 3.00 bits per heavy atom. The molecule has 1 heterocycles. The van der Waals surface area contributed by atoms with Crippen LogP contribution in [0.5, 0.6) is 0 Å². The molecule has 1 unspecified atom stereocenters. The average molecular weight is 331 g/mol. The molecular formula is C12H15BrN2O2S. The van der Waals surface area contributed by atoms with Gasteiger partial charge in [-0.3, -0.25) is 10.1 Å². The van der Waals surface area contributed by atoms with Gasteiger partial charge in [0.05, 0.1) is 4.92 Å². The summed E-state index contributed by atoms with van der Waals surface area (Å²) >= 11 is 5.31. The van der Waals surface area contributed by atoms with Crippen molar-refractivity contribution in [3.63, 3.8) is 0 Å². The van der Waals surface area contributed by atoms with Crippen LogP contribution in [0.1, 0.15) is 18.4 Å². The lowest BCUT2D eigenvalue weighted by atomic mass is 10.2. The monoisotopic (exact) mass is 330 g/mol. The van der Waals surface area contributed by atoms with Crippen LogP contribution < -0.4 is 5.32 Å². The molecule has 98 valence electrons. The SMILES string of the molecule is O=[N+]([O-])c1cc(Br)cc(CNCC2CCCS2)c1. The van der Waals surface area contributed by atoms with Crippen molar-refractivity contribution in [2.75, 3.05) is 12.3 Å². The van der Waals surface area contributed by atoms with Gasteiger partial charge in [0.15, 0.2) is 0 Å². The van der Waals surface area contributed by atoms with Gasteiger partial charge in [-0.15, -0.1) is 0 Å². The van der Waals surface area contributed by atoms with Gasteiger partial charge < -0.3 is 5.32 Å². The van der Waals surface area contributed by atoms with E-state index in [0.717, 1.165) is 16.6 Å². The highest BCUT2D eigenvalue weighted by atomic mass is 79.9. The van der Waals surface area contributed by atoms with E-state index in [1.165, 1.54) is 24.7 Å². The summed E-state index contributed by atoms with van der Waals surface area (Å²) in [7, 11) is 0. The molecule has 6 heteroatoms. The van der Waals surface area contributed by atoms with Crippen LogP contribution in [-0.4, -0.2) is 22.5 Å². The highest BCUT2D eigenvalue weighted by molar-refractivity contribution is 9.10. The number of benzene rings is 1. The number of nitrogens with one attached hydrogen (secondary N) is 1. The molecule has 1 N–H and O–H groups in total. The number of nitrogens with zero attached hydrogens (tertiary/aromatic N) is 1. The van der Waals surface area contributed by atoms with Crippen LogP contribution in [0.4, 0.5) is 5.69 Å². The molecule has 2 rings (SSSR count). The van der Waals surface area contributed by atoms with E-state index in [4.69, 9.17) is 0 Å². The Morgan fingerprint density at radius 2 is 2.33 bits per heavy atom. The second-order valence-corrected chi connectivity index (χ2v) is 6.66. The maximum atomic E-state index is 10.7. The minimum atomic E-state index is -0.360. The number of hydrogen-bond acceptors (Lipinski definition) is 4. The number of nitro groups is 1. The molecule has 1 atom stereocenters. The van der Waals surface area contributed by atoms with Gasteiger partial charge in [-0.05, 0) is 30.2 Å². The van der Waals surface area contributed by atoms with Gasteiger partial charge in [0.1, 0.15) is 0 Å². The van der Waals surface area contributed by atoms with Crippen molar-refractivity contribution < 1.29 is 4.92 Å². The van der Waals surface area contributed by atoms with Crippen LogP contribution in [-0.2, 0) is 6.54 Å². The van der Waals surface area contributed by atoms with Gasteiger partial charge in [0.2, 0.25) is 0 Å². The zero-order chi connectivity index (χ0) is 13.0. The van der Waals surface area contributed by atoms with Gasteiger partial charge in [0.25, 0.3) is 5.69 Å². The number of non-ortho nitro benzene ring substituents is 1. The first-order chi connectivity index (χ1) is 8.65. The Labute approximate surface area is 119 Å². The molecular weight excluding hydrogens is 316 g/mol. The summed E-state index contributed by atoms with van der Waals surface area (Å²) < 4.78 is 0.753. The fourth-order valence-corrected chi connectivity index (χ4v) is 3.79. The topological polar surface area (TPSA) is 55.2 Å². The zero-order valence-electron chi connectivity index (χ0n) is 9.89. The summed E-state index contributed by atoms with van der Waals surface area (Å²) in [6, 6.07) is 5.07. The van der Waals surface area contributed by atoms with Crippen molar-refractivity contribution in [3.8, 4) is 0 Å². The summed E-state index contributed by atoms with van der Waals surface area (Å²) in [4.78, 5) is 10.4. The third-order valence-corrected chi connectivity index (χ3v) is 4.73. The fourth-order valence-electron chi connectivity index (χ4n) is 2.02. The molecule has 0 aliphatic carbocycles. The molecule has 1 aliphatic rings. The van der Waals surface area contributed by atoms with Gasteiger partial charge in [-0.25, -0.2) is 0 Å². The van der Waals surface area contributed by atoms with E-state index in [1.807, 2.05) is 17.8 Å². The first kappa shape index (κ1) is 13.8. The summed E-state index contributed by atoms with van der Waals surface area (Å²) in [5.74, 6) is 1.26. The molecule has 18 heavy (non-hydrogen) atoms. The molecule has 1 aromatic rings. The Balaban J connectivity index is 1.89. The van der Waals surface area contributed by atoms with Crippen LogP contribution in [0.3, 0.4) is 0 Å². The lowest BCUT2D eigenvalue weighted by Gasteiger charge is -2.10. The number of rotatable bonds is 5. The Hall–Kier alpha value is -0.590. The van der Waals surface area contributed by atoms with Crippen molar-refractivity contribution in [3.05, 3.63) is 38.3 Å². The molecule has 0 amide bonds. The van der Waals surface area contributed by atoms with E-state index in [9.17, 15) is 10.1 Å². The predicted octanol–water partition coefficient (Wildman–Crippen LogP) is 3.34. The van der Waals surface area contributed by atoms with E-state index in [2.05, 4.69) is 21.2 Å². The van der Waals surface area contributed by atoms with Gasteiger partial charge in [-0.2, -0.15) is 11.8 Å². The highest BCUT2D eigenvalue weighted by Crippen LogP contribution is 2.25. The second-order valence-electron chi connectivity index (χ2n) is 4.34. The maximum Gasteiger partial charge on any atom is 0.270 e. The molecule has 1 aromatic carbocycles. The van der Waals surface area contributed by atoms with Gasteiger partial charge in [0, 0.05) is 34.9 Å². The second kappa shape index (κ2) is 6.54. The normalized spacial score (nSPS) is 19.1. The molecule has 1 saturated heterocycles. The van der Waals surface area contributed by atoms with Crippen LogP contribution in [0.15, 0.2) is 22.7 Å². The van der Waals surface area contributed by atoms with Crippen LogP contribution in [0.25, 0.3) is 0 Å². The van der Waals surface area contributed by atoms with E-state index >= 15 is 0 Å². The van der Waals surface area contributed by atoms with Crippen molar-refractivity contribution in [1.82, 2.24) is 5.32 Å². The lowest BCUT2D eigenvalue weighted by molar-refractivity contribution is -0.385. The van der Waals surface area contributed by atoms with Crippen molar-refractivity contribution in [1.29, 1.82) is 0 Å². The molecule has 0 saturated carbocycles. The standard InChI is InChI=1S/C12H15BrN2O2S/c13-10-4-9(5-11(6-10)15(16)17)7-14-8-12-2-1-3-18-12/h4-6,12,14H,1-3,7-8H2. The summed E-state index contributed by atoms with van der Waals surface area (Å²) in [6.07, 6.45) is 2.58. The first-order valence-corrected chi connectivity index (χ1v) is 7.75. The molecule has 0 bridgehead atoms. The Bertz CT molecular complexity index is 436. The van der Waals surface area contributed by atoms with E-state index in [0.29, 0.717) is 11.8 Å².